The Hall–Kier alpha value is -3.68. The second-order valence-corrected chi connectivity index (χ2v) is 6.70. The number of anilines is 2. The molecule has 1 aliphatic carbocycles. The minimum absolute atomic E-state index is 0.159. The van der Waals surface area contributed by atoms with Gasteiger partial charge < -0.3 is 16.0 Å². The Morgan fingerprint density at radius 3 is 2.46 bits per heavy atom. The quantitative estimate of drug-likeness (QED) is 0.635. The Kier molecular flexibility index (Phi) is 4.52. The lowest BCUT2D eigenvalue weighted by Crippen LogP contribution is -2.27. The first-order valence-electron chi connectivity index (χ1n) is 8.98. The number of imidazole rings is 1. The molecule has 1 aliphatic rings. The molecule has 4 rings (SSSR count). The maximum atomic E-state index is 12.8. The average molecular weight is 377 g/mol. The smallest absolute Gasteiger partial charge is 0.287 e. The molecule has 142 valence electrons. The van der Waals surface area contributed by atoms with E-state index in [1.165, 1.54) is 6.92 Å². The van der Waals surface area contributed by atoms with Crippen molar-refractivity contribution in [1.82, 2.24) is 14.7 Å². The summed E-state index contributed by atoms with van der Waals surface area (Å²) in [4.78, 5) is 40.8. The number of fused-ring (bicyclic) bond motifs is 1. The van der Waals surface area contributed by atoms with Crippen molar-refractivity contribution in [3.05, 3.63) is 60.2 Å². The summed E-state index contributed by atoms with van der Waals surface area (Å²) in [6, 6.07) is 12.3. The van der Waals surface area contributed by atoms with Crippen molar-refractivity contribution < 1.29 is 14.4 Å². The van der Waals surface area contributed by atoms with Gasteiger partial charge in [0.25, 0.3) is 11.8 Å². The number of hydrogen-bond acceptors (Lipinski definition) is 4. The fraction of sp³-hybridized carbons (Fsp3) is 0.200. The molecule has 1 fully saturated rings. The number of pyridine rings is 1. The van der Waals surface area contributed by atoms with Gasteiger partial charge in [0.2, 0.25) is 11.7 Å². The van der Waals surface area contributed by atoms with E-state index in [0.717, 1.165) is 12.8 Å². The molecule has 1 saturated carbocycles. The number of amides is 3. The Labute approximate surface area is 161 Å². The van der Waals surface area contributed by atoms with Crippen LogP contribution in [0.25, 0.3) is 5.52 Å². The molecular weight excluding hydrogens is 358 g/mol. The number of carbonyl (C=O) groups excluding carboxylic acids is 3. The SMILES string of the molecule is CC(=O)Nc1cccc(NC(=O)c2nc(C(=O)NC3CC3)n3ccccc23)c1. The summed E-state index contributed by atoms with van der Waals surface area (Å²) in [5.74, 6) is -0.751. The summed E-state index contributed by atoms with van der Waals surface area (Å²) >= 11 is 0. The van der Waals surface area contributed by atoms with Gasteiger partial charge in [-0.2, -0.15) is 0 Å². The van der Waals surface area contributed by atoms with Gasteiger partial charge in [0.1, 0.15) is 0 Å². The molecule has 0 spiro atoms. The maximum absolute atomic E-state index is 12.8. The highest BCUT2D eigenvalue weighted by atomic mass is 16.2. The number of aromatic nitrogens is 2. The van der Waals surface area contributed by atoms with Gasteiger partial charge in [-0.3, -0.25) is 18.8 Å². The van der Waals surface area contributed by atoms with Crippen molar-refractivity contribution in [3.8, 4) is 0 Å². The van der Waals surface area contributed by atoms with Crippen LogP contribution in [0.2, 0.25) is 0 Å². The highest BCUT2D eigenvalue weighted by Crippen LogP contribution is 2.21. The molecule has 2 heterocycles. The third kappa shape index (κ3) is 3.71. The molecule has 8 heteroatoms. The van der Waals surface area contributed by atoms with Crippen LogP contribution in [0.3, 0.4) is 0 Å². The first-order valence-corrected chi connectivity index (χ1v) is 8.98. The van der Waals surface area contributed by atoms with Crippen LogP contribution in [0.15, 0.2) is 48.7 Å². The molecule has 2 aromatic heterocycles. The second-order valence-electron chi connectivity index (χ2n) is 6.70. The van der Waals surface area contributed by atoms with Gasteiger partial charge in [0.15, 0.2) is 5.69 Å². The van der Waals surface area contributed by atoms with Crippen LogP contribution in [0, 0.1) is 0 Å². The van der Waals surface area contributed by atoms with E-state index in [0.29, 0.717) is 16.9 Å². The summed E-state index contributed by atoms with van der Waals surface area (Å²) in [5.41, 5.74) is 1.78. The third-order valence-electron chi connectivity index (χ3n) is 4.32. The predicted octanol–water partition coefficient (Wildman–Crippen LogP) is 2.44. The van der Waals surface area contributed by atoms with E-state index >= 15 is 0 Å². The van der Waals surface area contributed by atoms with Crippen LogP contribution in [0.1, 0.15) is 40.9 Å². The Bertz CT molecular complexity index is 1080. The van der Waals surface area contributed by atoms with E-state index in [1.54, 1.807) is 53.1 Å². The molecule has 0 aliphatic heterocycles. The second kappa shape index (κ2) is 7.15. The lowest BCUT2D eigenvalue weighted by Gasteiger charge is -2.07. The van der Waals surface area contributed by atoms with Gasteiger partial charge in [-0.1, -0.05) is 12.1 Å². The molecular formula is C20H19N5O3. The van der Waals surface area contributed by atoms with Crippen LogP contribution in [-0.2, 0) is 4.79 Å². The summed E-state index contributed by atoms with van der Waals surface area (Å²) < 4.78 is 1.61. The van der Waals surface area contributed by atoms with Crippen molar-refractivity contribution in [2.24, 2.45) is 0 Å². The zero-order valence-electron chi connectivity index (χ0n) is 15.2. The fourth-order valence-electron chi connectivity index (χ4n) is 2.91. The Morgan fingerprint density at radius 1 is 1.00 bits per heavy atom. The molecule has 0 unspecified atom stereocenters. The minimum Gasteiger partial charge on any atom is -0.347 e. The summed E-state index contributed by atoms with van der Waals surface area (Å²) in [5, 5.41) is 8.34. The molecule has 8 nitrogen and oxygen atoms in total. The maximum Gasteiger partial charge on any atom is 0.287 e. The van der Waals surface area contributed by atoms with Crippen molar-refractivity contribution in [2.45, 2.75) is 25.8 Å². The molecule has 0 saturated heterocycles. The Morgan fingerprint density at radius 2 is 1.75 bits per heavy atom. The molecule has 0 atom stereocenters. The summed E-state index contributed by atoms with van der Waals surface area (Å²) in [7, 11) is 0. The first-order chi connectivity index (χ1) is 13.5. The lowest BCUT2D eigenvalue weighted by molar-refractivity contribution is -0.114. The molecule has 0 radical (unpaired) electrons. The first kappa shape index (κ1) is 17.7. The van der Waals surface area contributed by atoms with Crippen molar-refractivity contribution in [2.75, 3.05) is 10.6 Å². The van der Waals surface area contributed by atoms with Gasteiger partial charge in [0.05, 0.1) is 5.52 Å². The average Bonchev–Trinajstić information content (AvgIpc) is 3.38. The molecule has 0 bridgehead atoms. The van der Waals surface area contributed by atoms with Gasteiger partial charge in [-0.15, -0.1) is 0 Å². The van der Waals surface area contributed by atoms with Crippen LogP contribution < -0.4 is 16.0 Å². The molecule has 3 amide bonds. The van der Waals surface area contributed by atoms with Crippen LogP contribution in [-0.4, -0.2) is 33.1 Å². The zero-order chi connectivity index (χ0) is 19.7. The number of carbonyl (C=O) groups is 3. The van der Waals surface area contributed by atoms with Crippen molar-refractivity contribution in [1.29, 1.82) is 0 Å². The molecule has 3 aromatic rings. The monoisotopic (exact) mass is 377 g/mol. The van der Waals surface area contributed by atoms with Gasteiger partial charge in [0, 0.05) is 30.5 Å². The molecule has 28 heavy (non-hydrogen) atoms. The summed E-state index contributed by atoms with van der Waals surface area (Å²) in [6.07, 6.45) is 3.64. The van der Waals surface area contributed by atoms with Crippen LogP contribution in [0.5, 0.6) is 0 Å². The van der Waals surface area contributed by atoms with E-state index in [2.05, 4.69) is 20.9 Å². The van der Waals surface area contributed by atoms with Crippen molar-refractivity contribution >= 4 is 34.6 Å². The van der Waals surface area contributed by atoms with Gasteiger partial charge in [-0.25, -0.2) is 4.98 Å². The van der Waals surface area contributed by atoms with Crippen LogP contribution >= 0.6 is 0 Å². The van der Waals surface area contributed by atoms with E-state index < -0.39 is 5.91 Å². The van der Waals surface area contributed by atoms with E-state index in [4.69, 9.17) is 0 Å². The molecule has 1 aromatic carbocycles. The van der Waals surface area contributed by atoms with E-state index in [9.17, 15) is 14.4 Å². The number of nitrogens with one attached hydrogen (secondary N) is 3. The van der Waals surface area contributed by atoms with Crippen LogP contribution in [0.4, 0.5) is 11.4 Å². The largest absolute Gasteiger partial charge is 0.347 e. The van der Waals surface area contributed by atoms with Gasteiger partial charge >= 0.3 is 0 Å². The lowest BCUT2D eigenvalue weighted by atomic mass is 10.2. The Balaban J connectivity index is 1.62. The predicted molar refractivity (Wildman–Crippen MR) is 104 cm³/mol. The zero-order valence-corrected chi connectivity index (χ0v) is 15.2. The van der Waals surface area contributed by atoms with Gasteiger partial charge in [-0.05, 0) is 43.2 Å². The minimum atomic E-state index is -0.436. The molecule has 3 N–H and O–H groups in total. The topological polar surface area (TPSA) is 105 Å². The summed E-state index contributed by atoms with van der Waals surface area (Å²) in [6.45, 7) is 1.41. The number of hydrogen-bond donors (Lipinski definition) is 3. The number of nitrogens with zero attached hydrogens (tertiary/aromatic N) is 2. The normalized spacial score (nSPS) is 13.2. The fourth-order valence-corrected chi connectivity index (χ4v) is 2.91. The van der Waals surface area contributed by atoms with E-state index in [1.807, 2.05) is 0 Å². The number of benzene rings is 1. The standard InChI is InChI=1S/C20H19N5O3/c1-12(26)21-14-5-4-6-15(11-14)23-19(27)17-16-7-2-3-10-25(16)18(24-17)20(28)22-13-8-9-13/h2-7,10-11,13H,8-9H2,1H3,(H,21,26)(H,22,28)(H,23,27). The van der Waals surface area contributed by atoms with Crippen molar-refractivity contribution in [3.63, 3.8) is 0 Å². The number of rotatable bonds is 5. The van der Waals surface area contributed by atoms with E-state index in [-0.39, 0.29) is 29.4 Å². The highest BCUT2D eigenvalue weighted by Gasteiger charge is 2.27. The third-order valence-corrected chi connectivity index (χ3v) is 4.32. The highest BCUT2D eigenvalue weighted by molar-refractivity contribution is 6.09.